The number of aromatic nitrogens is 3. The number of fused-ring (bicyclic) bond motifs is 4. The molecule has 6 rings (SSSR count). The largest absolute Gasteiger partial charge is 0.477 e. The number of benzene rings is 1. The van der Waals surface area contributed by atoms with Crippen molar-refractivity contribution in [2.45, 2.75) is 19.3 Å². The molecule has 9 heteroatoms. The van der Waals surface area contributed by atoms with Crippen LogP contribution in [0.3, 0.4) is 0 Å². The summed E-state index contributed by atoms with van der Waals surface area (Å²) >= 11 is 0. The molecule has 1 fully saturated rings. The molecular weight excluding hydrogens is 461 g/mol. The Balaban J connectivity index is 1.63. The van der Waals surface area contributed by atoms with E-state index >= 15 is 0 Å². The van der Waals surface area contributed by atoms with Gasteiger partial charge >= 0.3 is 5.97 Å². The van der Waals surface area contributed by atoms with Gasteiger partial charge in [-0.1, -0.05) is 0 Å². The number of carboxylic acids is 1. The van der Waals surface area contributed by atoms with Crippen LogP contribution in [0.25, 0.3) is 33.3 Å². The van der Waals surface area contributed by atoms with Gasteiger partial charge in [0.1, 0.15) is 17.0 Å². The molecule has 0 saturated carbocycles. The lowest BCUT2D eigenvalue weighted by Crippen LogP contribution is -2.20. The number of hydrogen-bond donors (Lipinski definition) is 2. The normalized spacial score (nSPS) is 14.2. The smallest absolute Gasteiger partial charge is 0.341 e. The molecule has 36 heavy (non-hydrogen) atoms. The first kappa shape index (κ1) is 22.2. The summed E-state index contributed by atoms with van der Waals surface area (Å²) in [5, 5.41) is 12.8. The molecule has 1 aliphatic carbocycles. The van der Waals surface area contributed by atoms with Crippen molar-refractivity contribution in [3.05, 3.63) is 69.7 Å². The number of nitrogens with one attached hydrogen (secondary N) is 1. The molecule has 2 N–H and O–H groups in total. The highest BCUT2D eigenvalue weighted by Gasteiger charge is 2.31. The van der Waals surface area contributed by atoms with E-state index in [4.69, 9.17) is 4.98 Å². The van der Waals surface area contributed by atoms with E-state index in [9.17, 15) is 19.1 Å². The van der Waals surface area contributed by atoms with Crippen LogP contribution in [0.1, 0.15) is 34.5 Å². The molecule has 4 aromatic rings. The second kappa shape index (κ2) is 8.15. The second-order valence-electron chi connectivity index (χ2n) is 9.33. The van der Waals surface area contributed by atoms with E-state index in [1.165, 1.54) is 12.3 Å². The Morgan fingerprint density at radius 2 is 1.89 bits per heavy atom. The molecule has 0 amide bonds. The van der Waals surface area contributed by atoms with E-state index in [0.29, 0.717) is 17.6 Å². The lowest BCUT2D eigenvalue weighted by Gasteiger charge is -2.25. The van der Waals surface area contributed by atoms with Crippen LogP contribution in [0.15, 0.2) is 41.6 Å². The number of nitrogens with zero attached hydrogens (tertiary/aromatic N) is 4. The number of aromatic carboxylic acids is 1. The van der Waals surface area contributed by atoms with Gasteiger partial charge < -0.3 is 19.9 Å². The molecule has 0 bridgehead atoms. The predicted molar refractivity (Wildman–Crippen MR) is 136 cm³/mol. The van der Waals surface area contributed by atoms with Gasteiger partial charge in [-0.15, -0.1) is 0 Å². The molecule has 3 aromatic heterocycles. The van der Waals surface area contributed by atoms with Gasteiger partial charge in [0, 0.05) is 74.6 Å². The van der Waals surface area contributed by atoms with E-state index in [-0.39, 0.29) is 16.8 Å². The fraction of sp³-hybridized carbons (Fsp3) is 0.259. The van der Waals surface area contributed by atoms with Gasteiger partial charge in [-0.05, 0) is 42.2 Å². The summed E-state index contributed by atoms with van der Waals surface area (Å²) in [6.07, 6.45) is 7.46. The molecule has 0 spiro atoms. The molecule has 8 nitrogen and oxygen atoms in total. The average molecular weight is 486 g/mol. The minimum atomic E-state index is -1.28. The predicted octanol–water partition coefficient (Wildman–Crippen LogP) is 4.05. The topological polar surface area (TPSA) is 100 Å². The summed E-state index contributed by atoms with van der Waals surface area (Å²) in [7, 11) is 3.45. The molecule has 0 atom stereocenters. The van der Waals surface area contributed by atoms with Crippen LogP contribution in [0.4, 0.5) is 15.8 Å². The minimum absolute atomic E-state index is 0.228. The fourth-order valence-corrected chi connectivity index (χ4v) is 5.54. The first-order chi connectivity index (χ1) is 17.4. The Kier molecular flexibility index (Phi) is 5.03. The maximum Gasteiger partial charge on any atom is 0.341 e. The Bertz CT molecular complexity index is 1640. The molecule has 182 valence electrons. The second-order valence-corrected chi connectivity index (χ2v) is 9.33. The van der Waals surface area contributed by atoms with E-state index in [1.807, 2.05) is 0 Å². The summed E-state index contributed by atoms with van der Waals surface area (Å²) in [6.45, 7) is 1.72. The van der Waals surface area contributed by atoms with Gasteiger partial charge in [0.15, 0.2) is 0 Å². The molecular formula is C27H24FN5O3. The number of carbonyl (C=O) groups is 1. The summed E-state index contributed by atoms with van der Waals surface area (Å²) in [6, 6.07) is 4.77. The van der Waals surface area contributed by atoms with Gasteiger partial charge in [-0.3, -0.25) is 9.78 Å². The minimum Gasteiger partial charge on any atom is -0.477 e. The zero-order valence-corrected chi connectivity index (χ0v) is 19.9. The van der Waals surface area contributed by atoms with Gasteiger partial charge in [-0.25, -0.2) is 14.2 Å². The number of hydrogen-bond acceptors (Lipinski definition) is 6. The van der Waals surface area contributed by atoms with Crippen molar-refractivity contribution in [1.29, 1.82) is 0 Å². The highest BCUT2D eigenvalue weighted by Crippen LogP contribution is 2.49. The third-order valence-corrected chi connectivity index (χ3v) is 7.20. The Labute approximate surface area is 206 Å². The van der Waals surface area contributed by atoms with Crippen LogP contribution in [0.5, 0.6) is 0 Å². The van der Waals surface area contributed by atoms with E-state index in [2.05, 4.69) is 15.2 Å². The van der Waals surface area contributed by atoms with Crippen LogP contribution < -0.4 is 15.6 Å². The molecule has 0 radical (unpaired) electrons. The number of pyridine rings is 3. The Hall–Kier alpha value is -4.27. The van der Waals surface area contributed by atoms with Gasteiger partial charge in [-0.2, -0.15) is 0 Å². The lowest BCUT2D eigenvalue weighted by molar-refractivity contribution is 0.0695. The first-order valence-corrected chi connectivity index (χ1v) is 11.9. The number of halogens is 1. The standard InChI is InChI=1S/C27H24FN5O3/c1-29-21-9-15(28)8-17-16(21)10-22-23(17)24(33-5-3-4-6-33)19(12-30-22)14-7-18-25(34)20(27(35)36)13-32(2)26(18)31-11-14/h7-9,11-13,29H,3-6,10H2,1-2H3,(H,35,36). The van der Waals surface area contributed by atoms with Gasteiger partial charge in [0.2, 0.25) is 5.43 Å². The Morgan fingerprint density at radius 1 is 1.11 bits per heavy atom. The van der Waals surface area contributed by atoms with Crippen LogP contribution in [0.2, 0.25) is 0 Å². The highest BCUT2D eigenvalue weighted by atomic mass is 19.1. The van der Waals surface area contributed by atoms with E-state index in [0.717, 1.165) is 65.3 Å². The molecule has 4 heterocycles. The average Bonchev–Trinajstić information content (AvgIpc) is 3.53. The van der Waals surface area contributed by atoms with Crippen molar-refractivity contribution < 1.29 is 14.3 Å². The highest BCUT2D eigenvalue weighted by molar-refractivity contribution is 5.98. The monoisotopic (exact) mass is 485 g/mol. The van der Waals surface area contributed by atoms with Crippen LogP contribution in [0, 0.1) is 5.82 Å². The summed E-state index contributed by atoms with van der Waals surface area (Å²) in [5.74, 6) is -1.60. The van der Waals surface area contributed by atoms with Crippen molar-refractivity contribution >= 4 is 28.4 Å². The van der Waals surface area contributed by atoms with E-state index < -0.39 is 11.4 Å². The molecule has 0 unspecified atom stereocenters. The third-order valence-electron chi connectivity index (χ3n) is 7.20. The molecule has 1 aromatic carbocycles. The number of anilines is 2. The number of rotatable bonds is 4. The maximum atomic E-state index is 14.6. The molecule has 1 aliphatic heterocycles. The fourth-order valence-electron chi connectivity index (χ4n) is 5.54. The number of carboxylic acid groups (broad SMARTS) is 1. The third kappa shape index (κ3) is 3.26. The summed E-state index contributed by atoms with van der Waals surface area (Å²) in [4.78, 5) is 36.2. The lowest BCUT2D eigenvalue weighted by atomic mass is 9.97. The quantitative estimate of drug-likeness (QED) is 0.396. The van der Waals surface area contributed by atoms with Crippen molar-refractivity contribution in [3.63, 3.8) is 0 Å². The van der Waals surface area contributed by atoms with Gasteiger partial charge in [0.25, 0.3) is 0 Å². The molecule has 2 aliphatic rings. The maximum absolute atomic E-state index is 14.6. The SMILES string of the molecule is CNc1cc(F)cc2c1Cc1ncc(-c3cnc4c(c3)c(=O)c(C(=O)O)cn4C)c(N3CCCC3)c1-2. The summed E-state index contributed by atoms with van der Waals surface area (Å²) < 4.78 is 16.2. The summed E-state index contributed by atoms with van der Waals surface area (Å²) in [5.41, 5.74) is 6.30. The van der Waals surface area contributed by atoms with Crippen LogP contribution in [-0.2, 0) is 13.5 Å². The van der Waals surface area contributed by atoms with Crippen LogP contribution >= 0.6 is 0 Å². The zero-order chi connectivity index (χ0) is 25.1. The first-order valence-electron chi connectivity index (χ1n) is 11.9. The van der Waals surface area contributed by atoms with Gasteiger partial charge in [0.05, 0.1) is 16.8 Å². The van der Waals surface area contributed by atoms with Crippen LogP contribution in [-0.4, -0.2) is 45.7 Å². The van der Waals surface area contributed by atoms with Crippen molar-refractivity contribution in [2.75, 3.05) is 30.4 Å². The van der Waals surface area contributed by atoms with Crippen molar-refractivity contribution in [1.82, 2.24) is 14.5 Å². The van der Waals surface area contributed by atoms with E-state index in [1.54, 1.807) is 43.2 Å². The molecule has 1 saturated heterocycles. The Morgan fingerprint density at radius 3 is 2.61 bits per heavy atom. The van der Waals surface area contributed by atoms with Crippen molar-refractivity contribution in [3.8, 4) is 22.3 Å². The zero-order valence-electron chi connectivity index (χ0n) is 19.9. The number of aryl methyl sites for hydroxylation is 1. The van der Waals surface area contributed by atoms with Crippen molar-refractivity contribution in [2.24, 2.45) is 7.05 Å².